The number of nitrogens with zero attached hydrogens (tertiary/aromatic N) is 1. The number of amides is 3. The molecule has 2 N–H and O–H groups in total. The van der Waals surface area contributed by atoms with Crippen molar-refractivity contribution < 1.29 is 18.8 Å². The highest BCUT2D eigenvalue weighted by Crippen LogP contribution is 2.24. The Morgan fingerprint density at radius 1 is 1.43 bits per heavy atom. The highest BCUT2D eigenvalue weighted by atomic mass is 16.3. The van der Waals surface area contributed by atoms with E-state index in [0.717, 1.165) is 0 Å². The van der Waals surface area contributed by atoms with Crippen molar-refractivity contribution in [2.24, 2.45) is 5.92 Å². The third-order valence-corrected chi connectivity index (χ3v) is 4.50. The van der Waals surface area contributed by atoms with Crippen LogP contribution in [-0.4, -0.2) is 47.3 Å². The van der Waals surface area contributed by atoms with Gasteiger partial charge in [-0.15, -0.1) is 0 Å². The summed E-state index contributed by atoms with van der Waals surface area (Å²) in [6, 6.07) is 2.13. The Balaban J connectivity index is 1.66. The van der Waals surface area contributed by atoms with E-state index >= 15 is 0 Å². The minimum Gasteiger partial charge on any atom is -0.459 e. The molecule has 3 amide bonds. The first-order valence-corrected chi connectivity index (χ1v) is 7.92. The van der Waals surface area contributed by atoms with Crippen LogP contribution in [0.15, 0.2) is 22.8 Å². The molecule has 0 saturated carbocycles. The maximum atomic E-state index is 12.5. The molecule has 1 aromatic rings. The number of piperazine rings is 1. The smallest absolute Gasteiger partial charge is 0.287 e. The molecule has 3 rings (SSSR count). The van der Waals surface area contributed by atoms with Crippen molar-refractivity contribution in [1.29, 1.82) is 0 Å². The van der Waals surface area contributed by atoms with E-state index in [1.807, 2.05) is 13.8 Å². The van der Waals surface area contributed by atoms with E-state index in [0.29, 0.717) is 19.4 Å². The molecular weight excluding hydrogens is 298 g/mol. The maximum absolute atomic E-state index is 12.5. The van der Waals surface area contributed by atoms with Gasteiger partial charge in [-0.05, 0) is 30.9 Å². The van der Waals surface area contributed by atoms with Gasteiger partial charge >= 0.3 is 0 Å². The molecule has 3 unspecified atom stereocenters. The lowest BCUT2D eigenvalue weighted by Crippen LogP contribution is -2.67. The van der Waals surface area contributed by atoms with Crippen LogP contribution in [0.25, 0.3) is 0 Å². The van der Waals surface area contributed by atoms with E-state index in [1.54, 1.807) is 17.0 Å². The van der Waals surface area contributed by atoms with Gasteiger partial charge in [-0.1, -0.05) is 13.8 Å². The van der Waals surface area contributed by atoms with Crippen molar-refractivity contribution in [3.63, 3.8) is 0 Å². The Bertz CT molecular complexity index is 611. The summed E-state index contributed by atoms with van der Waals surface area (Å²) in [5.74, 6) is -0.156. The molecule has 7 heteroatoms. The van der Waals surface area contributed by atoms with Crippen LogP contribution in [0.4, 0.5) is 0 Å². The van der Waals surface area contributed by atoms with Crippen molar-refractivity contribution in [2.45, 2.75) is 44.8 Å². The van der Waals surface area contributed by atoms with Crippen molar-refractivity contribution >= 4 is 17.7 Å². The first-order chi connectivity index (χ1) is 11.0. The van der Waals surface area contributed by atoms with Crippen LogP contribution in [0.1, 0.15) is 37.2 Å². The first kappa shape index (κ1) is 15.6. The second-order valence-electron chi connectivity index (χ2n) is 6.45. The number of fused-ring (bicyclic) bond motifs is 1. The van der Waals surface area contributed by atoms with Crippen LogP contribution in [0.5, 0.6) is 0 Å². The van der Waals surface area contributed by atoms with E-state index in [-0.39, 0.29) is 35.4 Å². The van der Waals surface area contributed by atoms with E-state index in [1.165, 1.54) is 6.26 Å². The Hall–Kier alpha value is -2.31. The van der Waals surface area contributed by atoms with Gasteiger partial charge in [-0.2, -0.15) is 0 Å². The largest absolute Gasteiger partial charge is 0.459 e. The van der Waals surface area contributed by atoms with Gasteiger partial charge in [0.1, 0.15) is 12.1 Å². The lowest BCUT2D eigenvalue weighted by atomic mass is 9.90. The second-order valence-corrected chi connectivity index (χ2v) is 6.45. The lowest BCUT2D eigenvalue weighted by molar-refractivity contribution is -0.152. The zero-order valence-electron chi connectivity index (χ0n) is 13.2. The SMILES string of the molecule is CC(C)C1NC(=O)C2CC(NC(=O)c3ccco3)CCN2C1=O. The normalized spacial score (nSPS) is 27.6. The van der Waals surface area contributed by atoms with Crippen LogP contribution >= 0.6 is 0 Å². The van der Waals surface area contributed by atoms with Gasteiger partial charge in [0.25, 0.3) is 5.91 Å². The molecule has 1 aromatic heterocycles. The molecule has 124 valence electrons. The van der Waals surface area contributed by atoms with Crippen LogP contribution in [0.3, 0.4) is 0 Å². The number of carbonyl (C=O) groups excluding carboxylic acids is 3. The highest BCUT2D eigenvalue weighted by Gasteiger charge is 2.44. The summed E-state index contributed by atoms with van der Waals surface area (Å²) < 4.78 is 5.07. The van der Waals surface area contributed by atoms with E-state index < -0.39 is 12.1 Å². The lowest BCUT2D eigenvalue weighted by Gasteiger charge is -2.44. The van der Waals surface area contributed by atoms with Gasteiger partial charge in [0.05, 0.1) is 6.26 Å². The zero-order valence-corrected chi connectivity index (χ0v) is 13.2. The molecule has 0 aromatic carbocycles. The number of nitrogens with one attached hydrogen (secondary N) is 2. The van der Waals surface area contributed by atoms with Crippen LogP contribution in [-0.2, 0) is 9.59 Å². The van der Waals surface area contributed by atoms with Gasteiger partial charge in [0, 0.05) is 12.6 Å². The Labute approximate surface area is 134 Å². The molecule has 2 saturated heterocycles. The summed E-state index contributed by atoms with van der Waals surface area (Å²) in [6.45, 7) is 4.31. The fourth-order valence-corrected chi connectivity index (χ4v) is 3.21. The van der Waals surface area contributed by atoms with Gasteiger partial charge in [0.15, 0.2) is 5.76 Å². The van der Waals surface area contributed by atoms with Gasteiger partial charge < -0.3 is 20.0 Å². The van der Waals surface area contributed by atoms with Gasteiger partial charge in [0.2, 0.25) is 11.8 Å². The fraction of sp³-hybridized carbons (Fsp3) is 0.562. The molecule has 7 nitrogen and oxygen atoms in total. The first-order valence-electron chi connectivity index (χ1n) is 7.92. The van der Waals surface area contributed by atoms with E-state index in [9.17, 15) is 14.4 Å². The predicted octanol–water partition coefficient (Wildman–Crippen LogP) is 0.523. The van der Waals surface area contributed by atoms with Gasteiger partial charge in [-0.3, -0.25) is 14.4 Å². The van der Waals surface area contributed by atoms with E-state index in [4.69, 9.17) is 4.42 Å². The molecule has 3 heterocycles. The summed E-state index contributed by atoms with van der Waals surface area (Å²) in [5, 5.41) is 5.68. The average Bonchev–Trinajstić information content (AvgIpc) is 3.05. The molecule has 2 fully saturated rings. The molecule has 0 spiro atoms. The monoisotopic (exact) mass is 319 g/mol. The highest BCUT2D eigenvalue weighted by molar-refractivity contribution is 5.97. The Kier molecular flexibility index (Phi) is 4.11. The van der Waals surface area contributed by atoms with Crippen LogP contribution in [0, 0.1) is 5.92 Å². The third kappa shape index (κ3) is 2.95. The number of rotatable bonds is 3. The summed E-state index contributed by atoms with van der Waals surface area (Å²) in [5.41, 5.74) is 0. The molecule has 0 aliphatic carbocycles. The summed E-state index contributed by atoms with van der Waals surface area (Å²) in [7, 11) is 0. The topological polar surface area (TPSA) is 91.7 Å². The predicted molar refractivity (Wildman–Crippen MR) is 81.5 cm³/mol. The number of hydrogen-bond acceptors (Lipinski definition) is 4. The molecular formula is C16H21N3O4. The third-order valence-electron chi connectivity index (χ3n) is 4.50. The van der Waals surface area contributed by atoms with Crippen LogP contribution in [0.2, 0.25) is 0 Å². The van der Waals surface area contributed by atoms with Crippen molar-refractivity contribution in [2.75, 3.05) is 6.54 Å². The molecule has 0 bridgehead atoms. The minimum absolute atomic E-state index is 0.0274. The summed E-state index contributed by atoms with van der Waals surface area (Å²) >= 11 is 0. The number of hydrogen-bond donors (Lipinski definition) is 2. The summed E-state index contributed by atoms with van der Waals surface area (Å²) in [4.78, 5) is 38.5. The minimum atomic E-state index is -0.506. The summed E-state index contributed by atoms with van der Waals surface area (Å²) in [6.07, 6.45) is 2.50. The number of furan rings is 1. The molecule has 3 atom stereocenters. The zero-order chi connectivity index (χ0) is 16.6. The average molecular weight is 319 g/mol. The van der Waals surface area contributed by atoms with E-state index in [2.05, 4.69) is 10.6 Å². The quantitative estimate of drug-likeness (QED) is 0.850. The molecule has 23 heavy (non-hydrogen) atoms. The maximum Gasteiger partial charge on any atom is 0.287 e. The number of piperidine rings is 1. The second kappa shape index (κ2) is 6.06. The molecule has 0 radical (unpaired) electrons. The van der Waals surface area contributed by atoms with Crippen molar-refractivity contribution in [1.82, 2.24) is 15.5 Å². The standard InChI is InChI=1S/C16H21N3O4/c1-9(2)13-16(22)19-6-5-10(8-11(19)14(20)18-13)17-15(21)12-4-3-7-23-12/h3-4,7,9-11,13H,5-6,8H2,1-2H3,(H,17,21)(H,18,20). The Morgan fingerprint density at radius 2 is 2.22 bits per heavy atom. The van der Waals surface area contributed by atoms with Crippen LogP contribution < -0.4 is 10.6 Å². The molecule has 2 aliphatic heterocycles. The number of carbonyl (C=O) groups is 3. The fourth-order valence-electron chi connectivity index (χ4n) is 3.21. The Morgan fingerprint density at radius 3 is 2.87 bits per heavy atom. The van der Waals surface area contributed by atoms with Crippen molar-refractivity contribution in [3.8, 4) is 0 Å². The van der Waals surface area contributed by atoms with Gasteiger partial charge in [-0.25, -0.2) is 0 Å². The van der Waals surface area contributed by atoms with Crippen molar-refractivity contribution in [3.05, 3.63) is 24.2 Å². The molecule has 2 aliphatic rings.